The second-order valence-corrected chi connectivity index (χ2v) is 11.0. The Morgan fingerprint density at radius 3 is 2.68 bits per heavy atom. The second kappa shape index (κ2) is 10.9. The van der Waals surface area contributed by atoms with E-state index in [1.165, 1.54) is 6.33 Å². The zero-order chi connectivity index (χ0) is 28.7. The van der Waals surface area contributed by atoms with Gasteiger partial charge in [-0.1, -0.05) is 35.9 Å². The summed E-state index contributed by atoms with van der Waals surface area (Å²) in [6.07, 6.45) is 4.65. The van der Waals surface area contributed by atoms with E-state index in [1.54, 1.807) is 21.7 Å². The van der Waals surface area contributed by atoms with E-state index in [2.05, 4.69) is 46.5 Å². The number of carbonyl (C=O) groups excluding carboxylic acids is 2. The molecule has 3 aromatic heterocycles. The van der Waals surface area contributed by atoms with Crippen molar-refractivity contribution in [2.75, 3.05) is 17.2 Å². The highest BCUT2D eigenvalue weighted by molar-refractivity contribution is 9.10. The van der Waals surface area contributed by atoms with Gasteiger partial charge in [-0.3, -0.25) is 9.59 Å². The maximum atomic E-state index is 13.3. The summed E-state index contributed by atoms with van der Waals surface area (Å²) in [7, 11) is 1.81. The Labute approximate surface area is 248 Å². The average molecular weight is 632 g/mol. The number of anilines is 3. The van der Waals surface area contributed by atoms with E-state index in [-0.39, 0.29) is 11.7 Å². The van der Waals surface area contributed by atoms with E-state index in [4.69, 9.17) is 11.6 Å². The van der Waals surface area contributed by atoms with Crippen LogP contribution in [0.2, 0.25) is 5.02 Å². The molecular weight excluding hydrogens is 608 g/mol. The van der Waals surface area contributed by atoms with Crippen molar-refractivity contribution in [3.63, 3.8) is 0 Å². The van der Waals surface area contributed by atoms with Crippen LogP contribution >= 0.6 is 27.5 Å². The molecule has 0 saturated heterocycles. The summed E-state index contributed by atoms with van der Waals surface area (Å²) in [6.45, 7) is 2.98. The average Bonchev–Trinajstić information content (AvgIpc) is 3.31. The molecule has 0 fully saturated rings. The van der Waals surface area contributed by atoms with Crippen molar-refractivity contribution >= 4 is 68.1 Å². The van der Waals surface area contributed by atoms with Gasteiger partial charge < -0.3 is 20.1 Å². The lowest BCUT2D eigenvalue weighted by Crippen LogP contribution is -2.29. The molecular formula is C29H24BrClN8O2. The summed E-state index contributed by atoms with van der Waals surface area (Å²) < 4.78 is 2.62. The highest BCUT2D eigenvalue weighted by Crippen LogP contribution is 2.38. The van der Waals surface area contributed by atoms with Gasteiger partial charge in [-0.2, -0.15) is 0 Å². The van der Waals surface area contributed by atoms with Crippen LogP contribution in [-0.2, 0) is 24.8 Å². The summed E-state index contributed by atoms with van der Waals surface area (Å²) in [5, 5.41) is 6.73. The van der Waals surface area contributed by atoms with Gasteiger partial charge >= 0.3 is 0 Å². The first-order valence-corrected chi connectivity index (χ1v) is 14.0. The number of fused-ring (bicyclic) bond motifs is 2. The van der Waals surface area contributed by atoms with Crippen LogP contribution < -0.4 is 10.6 Å². The van der Waals surface area contributed by atoms with Gasteiger partial charge in [-0.25, -0.2) is 19.9 Å². The van der Waals surface area contributed by atoms with Gasteiger partial charge in [0, 0.05) is 47.6 Å². The Kier molecular flexibility index (Phi) is 7.14. The first kappa shape index (κ1) is 26.9. The summed E-state index contributed by atoms with van der Waals surface area (Å²) in [4.78, 5) is 43.9. The number of hydrogen-bond acceptors (Lipinski definition) is 7. The minimum absolute atomic E-state index is 0.268. The molecule has 0 bridgehead atoms. The van der Waals surface area contributed by atoms with Crippen molar-refractivity contribution in [2.24, 2.45) is 7.05 Å². The molecule has 2 N–H and O–H groups in total. The van der Waals surface area contributed by atoms with Crippen LogP contribution in [0.1, 0.15) is 27.6 Å². The Morgan fingerprint density at radius 2 is 1.88 bits per heavy atom. The fourth-order valence-electron chi connectivity index (χ4n) is 5.06. The number of nitrogens with one attached hydrogen (secondary N) is 2. The normalized spacial score (nSPS) is 12.7. The molecule has 0 unspecified atom stereocenters. The molecule has 6 rings (SSSR count). The lowest BCUT2D eigenvalue weighted by Gasteiger charge is -2.22. The third-order valence-corrected chi connectivity index (χ3v) is 8.04. The van der Waals surface area contributed by atoms with Crippen LogP contribution in [-0.4, -0.2) is 48.3 Å². The first-order valence-electron chi connectivity index (χ1n) is 12.8. The van der Waals surface area contributed by atoms with Gasteiger partial charge in [0.05, 0.1) is 28.5 Å². The molecule has 1 aliphatic heterocycles. The van der Waals surface area contributed by atoms with Gasteiger partial charge in [-0.05, 0) is 52.2 Å². The number of amides is 2. The zero-order valence-corrected chi connectivity index (χ0v) is 24.5. The van der Waals surface area contributed by atoms with E-state index >= 15 is 0 Å². The van der Waals surface area contributed by atoms with E-state index < -0.39 is 0 Å². The molecule has 0 spiro atoms. The predicted molar refractivity (Wildman–Crippen MR) is 161 cm³/mol. The molecule has 2 amide bonds. The molecule has 4 heterocycles. The third kappa shape index (κ3) is 5.02. The molecule has 206 valence electrons. The van der Waals surface area contributed by atoms with Crippen molar-refractivity contribution in [3.8, 4) is 11.1 Å². The van der Waals surface area contributed by atoms with E-state index in [9.17, 15) is 9.59 Å². The quantitative estimate of drug-likeness (QED) is 0.232. The smallest absolute Gasteiger partial charge is 0.291 e. The molecule has 12 heteroatoms. The second-order valence-electron chi connectivity index (χ2n) is 9.68. The van der Waals surface area contributed by atoms with Gasteiger partial charge in [0.1, 0.15) is 11.8 Å². The maximum Gasteiger partial charge on any atom is 0.291 e. The largest absolute Gasteiger partial charge is 0.339 e. The highest BCUT2D eigenvalue weighted by atomic mass is 79.9. The van der Waals surface area contributed by atoms with E-state index in [0.29, 0.717) is 47.1 Å². The van der Waals surface area contributed by atoms with Gasteiger partial charge in [0.2, 0.25) is 6.41 Å². The Hall–Kier alpha value is -4.35. The number of benzene rings is 2. The number of aromatic nitrogens is 5. The molecule has 1 aliphatic rings. The lowest BCUT2D eigenvalue weighted by atomic mass is 9.98. The van der Waals surface area contributed by atoms with Gasteiger partial charge in [0.25, 0.3) is 5.91 Å². The fourth-order valence-corrected chi connectivity index (χ4v) is 5.65. The standard InChI is InChI=1S/C29H24BrClN8O2/c1-16-18(5-3-7-20(16)35-27-26-22(33-14-34-27)11-17(30)12-32-26)19-6-4-8-21(25(19)31)37-29(41)28-36-23-13-39(15-40)10-9-24(23)38(28)2/h3-8,11-12,14-15H,9-10,13H2,1-2H3,(H,37,41)(H,33,34,35). The predicted octanol–water partition coefficient (Wildman–Crippen LogP) is 5.66. The number of hydrogen-bond donors (Lipinski definition) is 2. The summed E-state index contributed by atoms with van der Waals surface area (Å²) in [5.74, 6) is 0.480. The minimum atomic E-state index is -0.375. The van der Waals surface area contributed by atoms with Crippen molar-refractivity contribution in [1.82, 2.24) is 29.4 Å². The third-order valence-electron chi connectivity index (χ3n) is 7.20. The number of imidazole rings is 1. The van der Waals surface area contributed by atoms with E-state index in [1.807, 2.05) is 50.4 Å². The summed E-state index contributed by atoms with van der Waals surface area (Å²) >= 11 is 10.3. The molecule has 0 atom stereocenters. The SMILES string of the molecule is Cc1c(Nc2ncnc3cc(Br)cnc23)cccc1-c1cccc(NC(=O)c2nc3c(n2C)CCN(C=O)C3)c1Cl. The number of nitrogens with zero attached hydrogens (tertiary/aromatic N) is 6. The van der Waals surface area contributed by atoms with Crippen molar-refractivity contribution in [2.45, 2.75) is 19.9 Å². The van der Waals surface area contributed by atoms with Crippen molar-refractivity contribution in [3.05, 3.63) is 87.3 Å². The van der Waals surface area contributed by atoms with Gasteiger partial charge in [0.15, 0.2) is 11.6 Å². The minimum Gasteiger partial charge on any atom is -0.339 e. The summed E-state index contributed by atoms with van der Waals surface area (Å²) in [6, 6.07) is 13.3. The Bertz CT molecular complexity index is 1840. The summed E-state index contributed by atoms with van der Waals surface area (Å²) in [5.41, 5.74) is 6.96. The van der Waals surface area contributed by atoms with Gasteiger partial charge in [-0.15, -0.1) is 0 Å². The van der Waals surface area contributed by atoms with Crippen LogP contribution in [0.15, 0.2) is 59.5 Å². The molecule has 5 aromatic rings. The van der Waals surface area contributed by atoms with Crippen LogP contribution in [0.4, 0.5) is 17.2 Å². The van der Waals surface area contributed by atoms with Crippen LogP contribution in [0.3, 0.4) is 0 Å². The topological polar surface area (TPSA) is 118 Å². The molecule has 10 nitrogen and oxygen atoms in total. The Morgan fingerprint density at radius 1 is 1.10 bits per heavy atom. The van der Waals surface area contributed by atoms with E-state index in [0.717, 1.165) is 44.6 Å². The van der Waals surface area contributed by atoms with Crippen LogP contribution in [0.5, 0.6) is 0 Å². The number of carbonyl (C=O) groups is 2. The fraction of sp³-hybridized carbons (Fsp3) is 0.172. The van der Waals surface area contributed by atoms with Crippen LogP contribution in [0.25, 0.3) is 22.2 Å². The first-order chi connectivity index (χ1) is 19.8. The number of halogens is 2. The van der Waals surface area contributed by atoms with Crippen molar-refractivity contribution < 1.29 is 9.59 Å². The molecule has 0 aliphatic carbocycles. The Balaban J connectivity index is 1.29. The molecule has 0 saturated carbocycles. The number of pyridine rings is 1. The monoisotopic (exact) mass is 630 g/mol. The number of rotatable bonds is 6. The van der Waals surface area contributed by atoms with Crippen molar-refractivity contribution in [1.29, 1.82) is 0 Å². The lowest BCUT2D eigenvalue weighted by molar-refractivity contribution is -0.119. The maximum absolute atomic E-state index is 13.3. The molecule has 41 heavy (non-hydrogen) atoms. The highest BCUT2D eigenvalue weighted by Gasteiger charge is 2.25. The zero-order valence-electron chi connectivity index (χ0n) is 22.2. The molecule has 0 radical (unpaired) electrons. The molecule has 2 aromatic carbocycles. The van der Waals surface area contributed by atoms with Crippen LogP contribution in [0, 0.1) is 6.92 Å².